The second-order valence-electron chi connectivity index (χ2n) is 4.23. The highest BCUT2D eigenvalue weighted by Gasteiger charge is 2.49. The number of benzene rings is 1. The number of nitrogens with zero attached hydrogens (tertiary/aromatic N) is 2. The van der Waals surface area contributed by atoms with Crippen LogP contribution in [0.4, 0.5) is 24.5 Å². The summed E-state index contributed by atoms with van der Waals surface area (Å²) in [5.74, 6) is 0. The Kier molecular flexibility index (Phi) is 4.20. The monoisotopic (exact) mass is 289 g/mol. The molecule has 0 aliphatic heterocycles. The van der Waals surface area contributed by atoms with E-state index in [0.29, 0.717) is 6.92 Å². The minimum Gasteiger partial charge on any atom is -0.382 e. The van der Waals surface area contributed by atoms with Gasteiger partial charge in [-0.25, -0.2) is 0 Å². The second kappa shape index (κ2) is 5.34. The van der Waals surface area contributed by atoms with Crippen LogP contribution in [0, 0.1) is 21.4 Å². The summed E-state index contributed by atoms with van der Waals surface area (Å²) in [6, 6.07) is 4.79. The van der Waals surface area contributed by atoms with Crippen LogP contribution in [0.15, 0.2) is 18.2 Å². The lowest BCUT2D eigenvalue weighted by Crippen LogP contribution is -2.47. The Hall–Kier alpha value is -2.34. The van der Waals surface area contributed by atoms with Crippen molar-refractivity contribution < 1.29 is 23.2 Å². The smallest absolute Gasteiger partial charge is 0.382 e. The van der Waals surface area contributed by atoms with E-state index in [9.17, 15) is 28.4 Å². The van der Waals surface area contributed by atoms with Gasteiger partial charge >= 0.3 is 6.18 Å². The van der Waals surface area contributed by atoms with E-state index in [1.54, 1.807) is 6.07 Å². The minimum atomic E-state index is -4.82. The molecule has 1 rings (SSSR count). The Morgan fingerprint density at radius 2 is 2.10 bits per heavy atom. The highest BCUT2D eigenvalue weighted by molar-refractivity contribution is 5.58. The Balaban J connectivity index is 2.91. The van der Waals surface area contributed by atoms with Gasteiger partial charge in [0.25, 0.3) is 5.69 Å². The first kappa shape index (κ1) is 15.7. The van der Waals surface area contributed by atoms with Crippen molar-refractivity contribution in [2.24, 2.45) is 0 Å². The third-order valence-electron chi connectivity index (χ3n) is 2.56. The summed E-state index contributed by atoms with van der Waals surface area (Å²) in [6.45, 7) is -0.254. The van der Waals surface area contributed by atoms with E-state index in [4.69, 9.17) is 5.26 Å². The van der Waals surface area contributed by atoms with Crippen LogP contribution in [-0.2, 0) is 0 Å². The van der Waals surface area contributed by atoms with E-state index >= 15 is 0 Å². The molecule has 1 atom stereocenters. The molecule has 20 heavy (non-hydrogen) atoms. The molecule has 6 nitrogen and oxygen atoms in total. The van der Waals surface area contributed by atoms with E-state index in [1.807, 2.05) is 0 Å². The van der Waals surface area contributed by atoms with Gasteiger partial charge in [0.05, 0.1) is 11.5 Å². The zero-order valence-corrected chi connectivity index (χ0v) is 10.2. The number of nitro benzene ring substituents is 1. The van der Waals surface area contributed by atoms with Gasteiger partial charge in [-0.15, -0.1) is 0 Å². The number of nitriles is 1. The van der Waals surface area contributed by atoms with Crippen LogP contribution in [0.25, 0.3) is 0 Å². The van der Waals surface area contributed by atoms with Crippen LogP contribution in [0.3, 0.4) is 0 Å². The maximum Gasteiger partial charge on any atom is 0.418 e. The van der Waals surface area contributed by atoms with Gasteiger partial charge in [-0.2, -0.15) is 18.4 Å². The van der Waals surface area contributed by atoms with Crippen molar-refractivity contribution in [3.63, 3.8) is 0 Å². The number of alkyl halides is 3. The molecule has 0 radical (unpaired) electrons. The van der Waals surface area contributed by atoms with Crippen molar-refractivity contribution in [2.45, 2.75) is 18.7 Å². The number of nitro groups is 1. The van der Waals surface area contributed by atoms with Crippen LogP contribution >= 0.6 is 0 Å². The lowest BCUT2D eigenvalue weighted by Gasteiger charge is -2.26. The van der Waals surface area contributed by atoms with Gasteiger partial charge in [-0.3, -0.25) is 10.1 Å². The predicted molar refractivity (Wildman–Crippen MR) is 63.0 cm³/mol. The molecular formula is C11H10F3N3O3. The van der Waals surface area contributed by atoms with Gasteiger partial charge in [-0.1, -0.05) is 0 Å². The standard InChI is InChI=1S/C11H10F3N3O3/c1-10(18,11(12,13)14)6-16-8-2-3-9(17(19)20)7(4-8)5-15/h2-4,16,18H,6H2,1H3. The molecule has 9 heteroatoms. The lowest BCUT2D eigenvalue weighted by atomic mass is 10.1. The molecule has 1 aromatic rings. The Bertz CT molecular complexity index is 564. The van der Waals surface area contributed by atoms with E-state index in [-0.39, 0.29) is 11.3 Å². The summed E-state index contributed by atoms with van der Waals surface area (Å²) in [4.78, 5) is 9.82. The molecule has 0 amide bonds. The summed E-state index contributed by atoms with van der Waals surface area (Å²) < 4.78 is 37.3. The molecule has 0 aromatic heterocycles. The molecule has 0 bridgehead atoms. The molecular weight excluding hydrogens is 279 g/mol. The molecule has 0 aliphatic carbocycles. The summed E-state index contributed by atoms with van der Waals surface area (Å²) >= 11 is 0. The predicted octanol–water partition coefficient (Wildman–Crippen LogP) is 2.19. The average Bonchev–Trinajstić information content (AvgIpc) is 2.34. The number of nitrogens with one attached hydrogen (secondary N) is 1. The maximum atomic E-state index is 12.4. The van der Waals surface area contributed by atoms with Crippen molar-refractivity contribution in [3.8, 4) is 6.07 Å². The minimum absolute atomic E-state index is 0.0664. The van der Waals surface area contributed by atoms with E-state index in [0.717, 1.165) is 18.2 Å². The molecule has 0 heterocycles. The third kappa shape index (κ3) is 3.36. The average molecular weight is 289 g/mol. The number of anilines is 1. The van der Waals surface area contributed by atoms with Crippen molar-refractivity contribution in [2.75, 3.05) is 11.9 Å². The molecule has 0 saturated heterocycles. The van der Waals surface area contributed by atoms with E-state index < -0.39 is 28.9 Å². The number of hydrogen-bond acceptors (Lipinski definition) is 5. The number of rotatable bonds is 4. The zero-order chi connectivity index (χ0) is 15.6. The van der Waals surface area contributed by atoms with Crippen LogP contribution in [-0.4, -0.2) is 28.4 Å². The second-order valence-corrected chi connectivity index (χ2v) is 4.23. The fraction of sp³-hybridized carbons (Fsp3) is 0.364. The van der Waals surface area contributed by atoms with Gasteiger partial charge in [0.1, 0.15) is 11.6 Å². The normalized spacial score (nSPS) is 14.2. The topological polar surface area (TPSA) is 99.2 Å². The van der Waals surface area contributed by atoms with Crippen molar-refractivity contribution in [3.05, 3.63) is 33.9 Å². The van der Waals surface area contributed by atoms with Crippen LogP contribution < -0.4 is 5.32 Å². The van der Waals surface area contributed by atoms with Gasteiger partial charge in [0.15, 0.2) is 5.60 Å². The molecule has 108 valence electrons. The SMILES string of the molecule is CC(O)(CNc1ccc([N+](=O)[O-])c(C#N)c1)C(F)(F)F. The Morgan fingerprint density at radius 1 is 1.50 bits per heavy atom. The van der Waals surface area contributed by atoms with Crippen LogP contribution in [0.2, 0.25) is 0 Å². The molecule has 1 aromatic carbocycles. The summed E-state index contributed by atoms with van der Waals surface area (Å²) in [6.07, 6.45) is -4.82. The maximum absolute atomic E-state index is 12.4. The summed E-state index contributed by atoms with van der Waals surface area (Å²) in [7, 11) is 0. The van der Waals surface area contributed by atoms with Crippen LogP contribution in [0.1, 0.15) is 12.5 Å². The van der Waals surface area contributed by atoms with Crippen molar-refractivity contribution >= 4 is 11.4 Å². The Morgan fingerprint density at radius 3 is 2.55 bits per heavy atom. The molecule has 0 spiro atoms. The fourth-order valence-corrected chi connectivity index (χ4v) is 1.27. The molecule has 2 N–H and O–H groups in total. The van der Waals surface area contributed by atoms with E-state index in [2.05, 4.69) is 5.32 Å². The van der Waals surface area contributed by atoms with Crippen molar-refractivity contribution in [1.82, 2.24) is 0 Å². The lowest BCUT2D eigenvalue weighted by molar-refractivity contribution is -0.385. The molecule has 0 fully saturated rings. The Labute approximate surface area is 111 Å². The fourth-order valence-electron chi connectivity index (χ4n) is 1.27. The number of aliphatic hydroxyl groups is 1. The number of halogens is 3. The molecule has 1 unspecified atom stereocenters. The van der Waals surface area contributed by atoms with Gasteiger partial charge < -0.3 is 10.4 Å². The third-order valence-corrected chi connectivity index (χ3v) is 2.56. The largest absolute Gasteiger partial charge is 0.418 e. The highest BCUT2D eigenvalue weighted by atomic mass is 19.4. The van der Waals surface area contributed by atoms with Crippen molar-refractivity contribution in [1.29, 1.82) is 5.26 Å². The molecule has 0 saturated carbocycles. The molecule has 0 aliphatic rings. The number of hydrogen-bond donors (Lipinski definition) is 2. The van der Waals surface area contributed by atoms with Crippen LogP contribution in [0.5, 0.6) is 0 Å². The van der Waals surface area contributed by atoms with Gasteiger partial charge in [0.2, 0.25) is 0 Å². The first-order valence-electron chi connectivity index (χ1n) is 5.30. The van der Waals surface area contributed by atoms with Gasteiger partial charge in [0, 0.05) is 11.8 Å². The first-order chi connectivity index (χ1) is 9.08. The highest BCUT2D eigenvalue weighted by Crippen LogP contribution is 2.30. The summed E-state index contributed by atoms with van der Waals surface area (Å²) in [5, 5.41) is 30.8. The first-order valence-corrected chi connectivity index (χ1v) is 5.30. The zero-order valence-electron chi connectivity index (χ0n) is 10.2. The summed E-state index contributed by atoms with van der Waals surface area (Å²) in [5.41, 5.74) is -3.62. The van der Waals surface area contributed by atoms with E-state index in [1.165, 1.54) is 0 Å². The van der Waals surface area contributed by atoms with Gasteiger partial charge in [-0.05, 0) is 19.1 Å². The quantitative estimate of drug-likeness (QED) is 0.653.